The molecule has 0 saturated heterocycles. The number of carbonyl (C=O) groups is 1. The number of furan rings is 1. The Bertz CT molecular complexity index is 1540. The highest BCUT2D eigenvalue weighted by Gasteiger charge is 2.18. The van der Waals surface area contributed by atoms with Crippen LogP contribution >= 0.6 is 0 Å². The predicted octanol–water partition coefficient (Wildman–Crippen LogP) is 4.60. The van der Waals surface area contributed by atoms with Crippen LogP contribution in [0.25, 0.3) is 28.1 Å². The fourth-order valence-electron chi connectivity index (χ4n) is 3.54. The zero-order valence-corrected chi connectivity index (χ0v) is 17.8. The van der Waals surface area contributed by atoms with Crippen molar-refractivity contribution in [3.63, 3.8) is 0 Å². The summed E-state index contributed by atoms with van der Waals surface area (Å²) >= 11 is 0. The fraction of sp³-hybridized carbons (Fsp3) is 0.0833. The van der Waals surface area contributed by atoms with Crippen molar-refractivity contribution in [3.05, 3.63) is 78.1 Å². The minimum Gasteiger partial charge on any atom is -0.453 e. The summed E-state index contributed by atoms with van der Waals surface area (Å²) < 4.78 is 7.05. The molecule has 33 heavy (non-hydrogen) atoms. The molecule has 0 aliphatic heterocycles. The van der Waals surface area contributed by atoms with Crippen LogP contribution in [0.2, 0.25) is 0 Å². The third kappa shape index (κ3) is 3.70. The molecule has 0 saturated carbocycles. The number of fused-ring (bicyclic) bond motifs is 1. The van der Waals surface area contributed by atoms with E-state index < -0.39 is 0 Å². The molecule has 0 radical (unpaired) electrons. The standard InChI is InChI=1S/C24H17N7O2/c1-14-3-7-22(30-29-14)27-16-4-6-20-19(11-16)26-13-31(20)23-8-5-17(15(2)32)24(28-23)18-9-10-33-21(18)12-25/h3-11,13H,1-2H3,(H,27,30). The lowest BCUT2D eigenvalue weighted by Crippen LogP contribution is -2.04. The zero-order chi connectivity index (χ0) is 22.9. The number of pyridine rings is 1. The number of aryl methyl sites for hydroxylation is 1. The van der Waals surface area contributed by atoms with E-state index in [9.17, 15) is 10.1 Å². The summed E-state index contributed by atoms with van der Waals surface area (Å²) in [4.78, 5) is 21.4. The lowest BCUT2D eigenvalue weighted by Gasteiger charge is -2.10. The van der Waals surface area contributed by atoms with Gasteiger partial charge in [0.15, 0.2) is 11.6 Å². The van der Waals surface area contributed by atoms with Gasteiger partial charge in [-0.3, -0.25) is 9.36 Å². The zero-order valence-electron chi connectivity index (χ0n) is 17.8. The lowest BCUT2D eigenvalue weighted by atomic mass is 10.0. The van der Waals surface area contributed by atoms with Gasteiger partial charge >= 0.3 is 0 Å². The van der Waals surface area contributed by atoms with Crippen molar-refractivity contribution in [1.82, 2.24) is 24.7 Å². The third-order valence-electron chi connectivity index (χ3n) is 5.15. The third-order valence-corrected chi connectivity index (χ3v) is 5.15. The number of imidazole rings is 1. The van der Waals surface area contributed by atoms with Gasteiger partial charge in [0.2, 0.25) is 5.76 Å². The van der Waals surface area contributed by atoms with E-state index in [1.165, 1.54) is 13.2 Å². The van der Waals surface area contributed by atoms with Crippen molar-refractivity contribution in [2.24, 2.45) is 0 Å². The van der Waals surface area contributed by atoms with Crippen LogP contribution in [-0.4, -0.2) is 30.5 Å². The number of ketones is 1. The maximum Gasteiger partial charge on any atom is 0.212 e. The van der Waals surface area contributed by atoms with E-state index in [-0.39, 0.29) is 11.5 Å². The average molecular weight is 435 g/mol. The Hall–Kier alpha value is -4.84. The number of anilines is 2. The normalized spacial score (nSPS) is 10.8. The van der Waals surface area contributed by atoms with Crippen molar-refractivity contribution in [2.75, 3.05) is 5.32 Å². The summed E-state index contributed by atoms with van der Waals surface area (Å²) in [6.07, 6.45) is 3.08. The highest BCUT2D eigenvalue weighted by atomic mass is 16.3. The number of nitrogens with one attached hydrogen (secondary N) is 1. The molecule has 5 aromatic rings. The second-order valence-corrected chi connectivity index (χ2v) is 7.40. The molecule has 4 aromatic heterocycles. The summed E-state index contributed by atoms with van der Waals surface area (Å²) in [7, 11) is 0. The Morgan fingerprint density at radius 1 is 1.12 bits per heavy atom. The van der Waals surface area contributed by atoms with Crippen molar-refractivity contribution in [1.29, 1.82) is 5.26 Å². The molecule has 0 amide bonds. The Labute approximate surface area is 188 Å². The largest absolute Gasteiger partial charge is 0.453 e. The van der Waals surface area contributed by atoms with Crippen LogP contribution in [-0.2, 0) is 0 Å². The predicted molar refractivity (Wildman–Crippen MR) is 121 cm³/mol. The second-order valence-electron chi connectivity index (χ2n) is 7.40. The number of hydrogen-bond donors (Lipinski definition) is 1. The van der Waals surface area contributed by atoms with Crippen LogP contribution in [0.5, 0.6) is 0 Å². The Balaban J connectivity index is 1.55. The number of aromatic nitrogens is 5. The van der Waals surface area contributed by atoms with Crippen molar-refractivity contribution >= 4 is 28.3 Å². The van der Waals surface area contributed by atoms with Gasteiger partial charge in [0.25, 0.3) is 0 Å². The summed E-state index contributed by atoms with van der Waals surface area (Å²) in [6.45, 7) is 3.34. The summed E-state index contributed by atoms with van der Waals surface area (Å²) in [5.41, 5.74) is 4.52. The maximum atomic E-state index is 12.2. The minimum absolute atomic E-state index is 0.104. The van der Waals surface area contributed by atoms with Gasteiger partial charge in [-0.1, -0.05) is 0 Å². The number of hydrogen-bond acceptors (Lipinski definition) is 8. The molecule has 160 valence electrons. The molecule has 9 heteroatoms. The first-order chi connectivity index (χ1) is 16.0. The molecule has 0 unspecified atom stereocenters. The smallest absolute Gasteiger partial charge is 0.212 e. The molecule has 9 nitrogen and oxygen atoms in total. The molecular weight excluding hydrogens is 418 g/mol. The average Bonchev–Trinajstić information content (AvgIpc) is 3.47. The van der Waals surface area contributed by atoms with Gasteiger partial charge in [0.05, 0.1) is 34.2 Å². The van der Waals surface area contributed by atoms with Crippen molar-refractivity contribution in [3.8, 4) is 23.1 Å². The molecule has 0 aliphatic rings. The van der Waals surface area contributed by atoms with Gasteiger partial charge in [0.1, 0.15) is 18.2 Å². The molecule has 0 aliphatic carbocycles. The van der Waals surface area contributed by atoms with Gasteiger partial charge in [-0.25, -0.2) is 9.97 Å². The van der Waals surface area contributed by atoms with E-state index in [1.807, 2.05) is 47.9 Å². The van der Waals surface area contributed by atoms with E-state index in [0.29, 0.717) is 28.5 Å². The number of carbonyl (C=O) groups excluding carboxylic acids is 1. The van der Waals surface area contributed by atoms with E-state index in [1.54, 1.807) is 24.5 Å². The first-order valence-corrected chi connectivity index (χ1v) is 10.1. The quantitative estimate of drug-likeness (QED) is 0.398. The van der Waals surface area contributed by atoms with E-state index in [2.05, 4.69) is 20.5 Å². The van der Waals surface area contributed by atoms with Gasteiger partial charge in [0, 0.05) is 11.3 Å². The summed E-state index contributed by atoms with van der Waals surface area (Å²) in [5.74, 6) is 1.15. The molecule has 0 fully saturated rings. The highest BCUT2D eigenvalue weighted by Crippen LogP contribution is 2.29. The van der Waals surface area contributed by atoms with Crippen LogP contribution in [0, 0.1) is 18.3 Å². The molecule has 1 aromatic carbocycles. The topological polar surface area (TPSA) is 123 Å². The first kappa shape index (κ1) is 20.1. The molecule has 1 N–H and O–H groups in total. The molecule has 0 atom stereocenters. The van der Waals surface area contributed by atoms with E-state index >= 15 is 0 Å². The molecule has 0 spiro atoms. The van der Waals surface area contributed by atoms with Crippen molar-refractivity contribution < 1.29 is 9.21 Å². The number of rotatable bonds is 5. The van der Waals surface area contributed by atoms with E-state index in [0.717, 1.165) is 22.4 Å². The molecule has 4 heterocycles. The molecule has 5 rings (SSSR count). The maximum absolute atomic E-state index is 12.2. The molecule has 0 bridgehead atoms. The van der Waals surface area contributed by atoms with Crippen LogP contribution in [0.15, 0.2) is 65.5 Å². The SMILES string of the molecule is CC(=O)c1ccc(-n2cnc3cc(Nc4ccc(C)nn4)ccc32)nc1-c1ccoc1C#N. The lowest BCUT2D eigenvalue weighted by molar-refractivity contribution is 0.101. The minimum atomic E-state index is -0.153. The molecular formula is C24H17N7O2. The number of Topliss-reactive ketones (excluding diaryl/α,β-unsaturated/α-hetero) is 1. The van der Waals surface area contributed by atoms with Crippen LogP contribution < -0.4 is 5.32 Å². The van der Waals surface area contributed by atoms with Crippen LogP contribution in [0.1, 0.15) is 28.7 Å². The number of benzene rings is 1. The Morgan fingerprint density at radius 2 is 2.00 bits per heavy atom. The Morgan fingerprint density at radius 3 is 2.76 bits per heavy atom. The van der Waals surface area contributed by atoms with Gasteiger partial charge in [-0.2, -0.15) is 10.4 Å². The monoisotopic (exact) mass is 435 g/mol. The van der Waals surface area contributed by atoms with Gasteiger partial charge in [-0.15, -0.1) is 5.10 Å². The fourth-order valence-corrected chi connectivity index (χ4v) is 3.54. The Kier molecular flexibility index (Phi) is 4.88. The number of nitriles is 1. The van der Waals surface area contributed by atoms with Crippen LogP contribution in [0.4, 0.5) is 11.5 Å². The second kappa shape index (κ2) is 8.01. The van der Waals surface area contributed by atoms with Gasteiger partial charge in [-0.05, 0) is 62.4 Å². The van der Waals surface area contributed by atoms with Crippen molar-refractivity contribution in [2.45, 2.75) is 13.8 Å². The van der Waals surface area contributed by atoms with Gasteiger partial charge < -0.3 is 9.73 Å². The summed E-state index contributed by atoms with van der Waals surface area (Å²) in [6, 6.07) is 16.6. The van der Waals surface area contributed by atoms with Crippen LogP contribution in [0.3, 0.4) is 0 Å². The van der Waals surface area contributed by atoms with E-state index in [4.69, 9.17) is 9.40 Å². The summed E-state index contributed by atoms with van der Waals surface area (Å²) in [5, 5.41) is 20.7. The first-order valence-electron chi connectivity index (χ1n) is 10.1. The highest BCUT2D eigenvalue weighted by molar-refractivity contribution is 6.00. The number of nitrogens with zero attached hydrogens (tertiary/aromatic N) is 6.